The summed E-state index contributed by atoms with van der Waals surface area (Å²) < 4.78 is 6.16. The van der Waals surface area contributed by atoms with E-state index in [4.69, 9.17) is 4.74 Å². The quantitative estimate of drug-likeness (QED) is 0.174. The smallest absolute Gasteiger partial charge is 0.338 e. The molecule has 5 aliphatic carbocycles. The number of allylic oxidation sites excluding steroid dienone is 1. The van der Waals surface area contributed by atoms with Crippen molar-refractivity contribution in [1.82, 2.24) is 4.98 Å². The van der Waals surface area contributed by atoms with Crippen LogP contribution in [0.1, 0.15) is 142 Å². The Balaban J connectivity index is 1.29. The SMILES string of the molecule is C=C(C)[C@@H]1CC[C@]2(C#Cc3ncccc3C(=O)O)CC[C@]3(C)C(CCC4[C@@]5(C)CC[C@H](OC(=O)CC(C)(C)C(=O)O)C(C)(C)C5CC[C@]43C)C12. The molecule has 2 N–H and O–H groups in total. The van der Waals surface area contributed by atoms with Crippen LogP contribution in [0.3, 0.4) is 0 Å². The van der Waals surface area contributed by atoms with Crippen LogP contribution in [0.4, 0.5) is 0 Å². The minimum Gasteiger partial charge on any atom is -0.481 e. The third kappa shape index (κ3) is 5.45. The lowest BCUT2D eigenvalue weighted by Crippen LogP contribution is -2.66. The number of aromatic nitrogens is 1. The zero-order chi connectivity index (χ0) is 36.7. The van der Waals surface area contributed by atoms with Crippen molar-refractivity contribution in [1.29, 1.82) is 0 Å². The molecule has 1 aromatic rings. The van der Waals surface area contributed by atoms with E-state index >= 15 is 0 Å². The van der Waals surface area contributed by atoms with Gasteiger partial charge >= 0.3 is 17.9 Å². The van der Waals surface area contributed by atoms with E-state index in [1.54, 1.807) is 32.2 Å². The molecular formula is C43H59NO6. The minimum atomic E-state index is -1.16. The van der Waals surface area contributed by atoms with Crippen LogP contribution >= 0.6 is 0 Å². The van der Waals surface area contributed by atoms with Crippen molar-refractivity contribution in [3.05, 3.63) is 41.7 Å². The van der Waals surface area contributed by atoms with E-state index in [1.165, 1.54) is 12.0 Å². The fraction of sp³-hybridized carbons (Fsp3) is 0.721. The molecule has 6 rings (SSSR count). The zero-order valence-corrected chi connectivity index (χ0v) is 31.7. The lowest BCUT2D eigenvalue weighted by molar-refractivity contribution is -0.247. The van der Waals surface area contributed by atoms with Crippen LogP contribution in [0.15, 0.2) is 30.5 Å². The first kappa shape index (κ1) is 36.6. The largest absolute Gasteiger partial charge is 0.481 e. The standard InChI is InChI=1S/C43H59NO6/c1-26(2)27-14-20-43(21-15-30-28(36(46)47)11-10-24-44-30)23-22-41(8)29(35(27)43)12-13-32-40(7)18-17-33(50-34(45)25-38(3,4)37(48)49)39(5,6)31(40)16-19-42(32,41)9/h10-11,24,27,29,31-33,35H,1,12-14,16-20,22-23,25H2,2-9H3,(H,46,47)(H,48,49)/t27-,29?,31?,32?,33-,35?,40-,41+,42+,43-/m0/s1. The highest BCUT2D eigenvalue weighted by Crippen LogP contribution is 2.77. The summed E-state index contributed by atoms with van der Waals surface area (Å²) in [5, 5.41) is 19.4. The maximum atomic E-state index is 13.1. The number of fused-ring (bicyclic) bond motifs is 7. The second kappa shape index (κ2) is 12.2. The van der Waals surface area contributed by atoms with Crippen LogP contribution in [0.2, 0.25) is 0 Å². The second-order valence-electron chi connectivity index (χ2n) is 19.0. The van der Waals surface area contributed by atoms with Crippen molar-refractivity contribution in [2.75, 3.05) is 0 Å². The number of carbonyl (C=O) groups is 3. The highest BCUT2D eigenvalue weighted by atomic mass is 16.5. The Hall–Kier alpha value is -3.14. The fourth-order valence-corrected chi connectivity index (χ4v) is 13.0. The molecule has 4 unspecified atom stereocenters. The summed E-state index contributed by atoms with van der Waals surface area (Å²) in [6.45, 7) is 22.2. The normalized spacial score (nSPS) is 40.1. The number of aromatic carboxylic acids is 1. The molecule has 10 atom stereocenters. The van der Waals surface area contributed by atoms with E-state index in [1.807, 2.05) is 0 Å². The minimum absolute atomic E-state index is 0.109. The molecular weight excluding hydrogens is 626 g/mol. The molecule has 7 heteroatoms. The average molecular weight is 686 g/mol. The predicted octanol–water partition coefficient (Wildman–Crippen LogP) is 9.20. The van der Waals surface area contributed by atoms with Gasteiger partial charge in [0.25, 0.3) is 0 Å². The lowest BCUT2D eigenvalue weighted by Gasteiger charge is -2.72. The summed E-state index contributed by atoms with van der Waals surface area (Å²) in [5.41, 5.74) is 0.601. The number of hydrogen-bond donors (Lipinski definition) is 2. The first-order chi connectivity index (χ1) is 23.2. The molecule has 0 bridgehead atoms. The summed E-state index contributed by atoms with van der Waals surface area (Å²) in [6, 6.07) is 3.25. The maximum Gasteiger partial charge on any atom is 0.338 e. The van der Waals surface area contributed by atoms with E-state index in [0.717, 1.165) is 57.8 Å². The molecule has 0 radical (unpaired) electrons. The maximum absolute atomic E-state index is 13.1. The zero-order valence-electron chi connectivity index (χ0n) is 31.7. The van der Waals surface area contributed by atoms with Gasteiger partial charge in [0.05, 0.1) is 17.4 Å². The van der Waals surface area contributed by atoms with E-state index in [2.05, 4.69) is 64.9 Å². The van der Waals surface area contributed by atoms with Crippen molar-refractivity contribution < 1.29 is 29.3 Å². The monoisotopic (exact) mass is 685 g/mol. The van der Waals surface area contributed by atoms with Gasteiger partial charge < -0.3 is 14.9 Å². The van der Waals surface area contributed by atoms with Gasteiger partial charge in [-0.15, -0.1) is 0 Å². The number of carbonyl (C=O) groups excluding carboxylic acids is 1. The van der Waals surface area contributed by atoms with Crippen LogP contribution in [0.25, 0.3) is 0 Å². The van der Waals surface area contributed by atoms with Gasteiger partial charge in [-0.05, 0) is 149 Å². The first-order valence-corrected chi connectivity index (χ1v) is 19.0. The fourth-order valence-electron chi connectivity index (χ4n) is 13.0. The van der Waals surface area contributed by atoms with Crippen molar-refractivity contribution in [3.8, 4) is 11.8 Å². The summed E-state index contributed by atoms with van der Waals surface area (Å²) >= 11 is 0. The number of nitrogens with zero attached hydrogens (tertiary/aromatic N) is 1. The van der Waals surface area contributed by atoms with Gasteiger partial charge in [0.2, 0.25) is 0 Å². The second-order valence-corrected chi connectivity index (χ2v) is 19.0. The van der Waals surface area contributed by atoms with Crippen LogP contribution in [0.5, 0.6) is 0 Å². The molecule has 5 saturated carbocycles. The molecule has 5 aliphatic rings. The third-order valence-corrected chi connectivity index (χ3v) is 15.9. The topological polar surface area (TPSA) is 114 Å². The van der Waals surface area contributed by atoms with E-state index < -0.39 is 23.3 Å². The number of ether oxygens (including phenoxy) is 1. The third-order valence-electron chi connectivity index (χ3n) is 15.9. The molecule has 1 aromatic heterocycles. The molecule has 0 amide bonds. The highest BCUT2D eigenvalue weighted by Gasteiger charge is 2.71. The molecule has 0 aliphatic heterocycles. The molecule has 7 nitrogen and oxygen atoms in total. The van der Waals surface area contributed by atoms with Crippen molar-refractivity contribution in [2.45, 2.75) is 132 Å². The average Bonchev–Trinajstić information content (AvgIpc) is 3.42. The Morgan fingerprint density at radius 2 is 1.66 bits per heavy atom. The predicted molar refractivity (Wildman–Crippen MR) is 193 cm³/mol. The number of carboxylic acid groups (broad SMARTS) is 2. The molecule has 5 fully saturated rings. The molecule has 50 heavy (non-hydrogen) atoms. The summed E-state index contributed by atoms with van der Waals surface area (Å²) in [4.78, 5) is 41.2. The molecule has 0 saturated heterocycles. The van der Waals surface area contributed by atoms with Gasteiger partial charge in [-0.3, -0.25) is 9.59 Å². The van der Waals surface area contributed by atoms with Gasteiger partial charge in [0.15, 0.2) is 0 Å². The van der Waals surface area contributed by atoms with Crippen LogP contribution < -0.4 is 0 Å². The summed E-state index contributed by atoms with van der Waals surface area (Å²) in [7, 11) is 0. The Bertz CT molecular complexity index is 1650. The molecule has 0 aromatic carbocycles. The Morgan fingerprint density at radius 1 is 0.940 bits per heavy atom. The van der Waals surface area contributed by atoms with E-state index in [-0.39, 0.29) is 45.2 Å². The Morgan fingerprint density at radius 3 is 2.32 bits per heavy atom. The number of rotatable bonds is 6. The Labute approximate surface area is 299 Å². The number of aliphatic carboxylic acids is 1. The van der Waals surface area contributed by atoms with Gasteiger partial charge in [0, 0.05) is 17.0 Å². The van der Waals surface area contributed by atoms with Gasteiger partial charge in [-0.1, -0.05) is 52.7 Å². The summed E-state index contributed by atoms with van der Waals surface area (Å²) in [6.07, 6.45) is 11.9. The van der Waals surface area contributed by atoms with Crippen LogP contribution in [0, 0.1) is 73.9 Å². The summed E-state index contributed by atoms with van der Waals surface area (Å²) in [5.74, 6) is 6.90. The Kier molecular flexibility index (Phi) is 8.96. The van der Waals surface area contributed by atoms with Gasteiger partial charge in [-0.2, -0.15) is 0 Å². The number of carboxylic acids is 2. The molecule has 1 heterocycles. The van der Waals surface area contributed by atoms with Crippen molar-refractivity contribution >= 4 is 17.9 Å². The van der Waals surface area contributed by atoms with Gasteiger partial charge in [-0.25, -0.2) is 9.78 Å². The highest BCUT2D eigenvalue weighted by molar-refractivity contribution is 5.90. The van der Waals surface area contributed by atoms with Crippen molar-refractivity contribution in [3.63, 3.8) is 0 Å². The van der Waals surface area contributed by atoms with Crippen LogP contribution in [-0.2, 0) is 14.3 Å². The van der Waals surface area contributed by atoms with E-state index in [9.17, 15) is 24.6 Å². The van der Waals surface area contributed by atoms with E-state index in [0.29, 0.717) is 35.3 Å². The lowest BCUT2D eigenvalue weighted by atomic mass is 9.32. The van der Waals surface area contributed by atoms with Crippen LogP contribution in [-0.4, -0.2) is 39.2 Å². The number of esters is 1. The van der Waals surface area contributed by atoms with Gasteiger partial charge in [0.1, 0.15) is 11.8 Å². The van der Waals surface area contributed by atoms with Crippen molar-refractivity contribution in [2.24, 2.45) is 62.1 Å². The molecule has 0 spiro atoms. The first-order valence-electron chi connectivity index (χ1n) is 19.0. The molecule has 272 valence electrons. The number of pyridine rings is 1. The number of hydrogen-bond acceptors (Lipinski definition) is 5.